The lowest BCUT2D eigenvalue weighted by Gasteiger charge is -2.04. The number of carbonyl (C=O) groups excluding carboxylic acids is 1. The molecule has 0 radical (unpaired) electrons. The number of hydrogen-bond donors (Lipinski definition) is 0. The van der Waals surface area contributed by atoms with E-state index in [4.69, 9.17) is 4.79 Å². The van der Waals surface area contributed by atoms with Gasteiger partial charge in [-0.1, -0.05) is 54.6 Å². The van der Waals surface area contributed by atoms with Gasteiger partial charge in [0.05, 0.1) is 0 Å². The van der Waals surface area contributed by atoms with Crippen LogP contribution in [0.15, 0.2) is 54.6 Å². The molecule has 0 aliphatic carbocycles. The highest BCUT2D eigenvalue weighted by atomic mass is 35.5. The third kappa shape index (κ3) is 3.52. The molecule has 0 aliphatic heterocycles. The maximum Gasteiger partial charge on any atom is 0.208 e. The molecule has 0 spiro atoms. The summed E-state index contributed by atoms with van der Waals surface area (Å²) in [6, 6.07) is 18.9. The van der Waals surface area contributed by atoms with Crippen molar-refractivity contribution in [2.24, 2.45) is 0 Å². The predicted octanol–water partition coefficient (Wildman–Crippen LogP) is 4.08. The first-order chi connectivity index (χ1) is 7.79. The maximum atomic E-state index is 8.57. The molecular weight excluding hydrogens is 220 g/mol. The predicted molar refractivity (Wildman–Crippen MR) is 69.2 cm³/mol. The molecule has 0 bridgehead atoms. The van der Waals surface area contributed by atoms with Gasteiger partial charge in [-0.25, -0.2) is 0 Å². The molecule has 0 amide bonds. The van der Waals surface area contributed by atoms with Gasteiger partial charge in [-0.3, -0.25) is 4.79 Å². The van der Waals surface area contributed by atoms with E-state index in [0.29, 0.717) is 0 Å². The van der Waals surface area contributed by atoms with Crippen LogP contribution in [0.25, 0.3) is 11.1 Å². The van der Waals surface area contributed by atoms with E-state index in [0.717, 1.165) is 0 Å². The fourth-order valence-corrected chi connectivity index (χ4v) is 1.51. The Kier molecular flexibility index (Phi) is 5.30. The standard InChI is InChI=1S/C13H12.CHClO/c1-11-7-5-6-10-13(11)12-8-3-2-4-9-12;2-1-3/h2-10H,1H3;1H. The van der Waals surface area contributed by atoms with Crippen LogP contribution in [0.3, 0.4) is 0 Å². The Morgan fingerprint density at radius 2 is 1.44 bits per heavy atom. The van der Waals surface area contributed by atoms with Crippen LogP contribution in [0, 0.1) is 6.92 Å². The molecule has 1 nitrogen and oxygen atoms in total. The summed E-state index contributed by atoms with van der Waals surface area (Å²) in [6.07, 6.45) is 0. The van der Waals surface area contributed by atoms with Crippen molar-refractivity contribution >= 4 is 17.3 Å². The van der Waals surface area contributed by atoms with E-state index in [-0.39, 0.29) is 5.75 Å². The molecule has 2 rings (SSSR count). The number of halogens is 1. The normalized spacial score (nSPS) is 8.88. The van der Waals surface area contributed by atoms with Crippen LogP contribution in [0.2, 0.25) is 0 Å². The molecule has 0 fully saturated rings. The molecular formula is C14H13ClO. The van der Waals surface area contributed by atoms with Crippen LogP contribution in [0.5, 0.6) is 0 Å². The lowest BCUT2D eigenvalue weighted by molar-refractivity contribution is 0.569. The molecule has 0 aromatic heterocycles. The van der Waals surface area contributed by atoms with Crippen LogP contribution in [0.1, 0.15) is 5.56 Å². The summed E-state index contributed by atoms with van der Waals surface area (Å²) in [6.45, 7) is 2.14. The van der Waals surface area contributed by atoms with Crippen molar-refractivity contribution in [2.45, 2.75) is 6.92 Å². The van der Waals surface area contributed by atoms with Crippen LogP contribution < -0.4 is 0 Å². The number of benzene rings is 2. The topological polar surface area (TPSA) is 17.1 Å². The van der Waals surface area contributed by atoms with Gasteiger partial charge in [-0.2, -0.15) is 0 Å². The fourth-order valence-electron chi connectivity index (χ4n) is 1.51. The van der Waals surface area contributed by atoms with Crippen LogP contribution in [-0.4, -0.2) is 5.75 Å². The van der Waals surface area contributed by atoms with Crippen molar-refractivity contribution < 1.29 is 4.79 Å². The molecule has 2 aromatic rings. The van der Waals surface area contributed by atoms with E-state index in [2.05, 4.69) is 67.1 Å². The Morgan fingerprint density at radius 3 is 2.00 bits per heavy atom. The van der Waals surface area contributed by atoms with Gasteiger partial charge >= 0.3 is 0 Å². The highest BCUT2D eigenvalue weighted by Crippen LogP contribution is 2.21. The van der Waals surface area contributed by atoms with E-state index in [1.807, 2.05) is 6.07 Å². The molecule has 2 heteroatoms. The molecule has 0 saturated heterocycles. The minimum absolute atomic E-state index is 0.222. The average molecular weight is 233 g/mol. The van der Waals surface area contributed by atoms with E-state index in [9.17, 15) is 0 Å². The zero-order valence-electron chi connectivity index (χ0n) is 9.06. The Balaban J connectivity index is 0.000000386. The van der Waals surface area contributed by atoms with E-state index in [1.165, 1.54) is 16.7 Å². The molecule has 16 heavy (non-hydrogen) atoms. The molecule has 2 aromatic carbocycles. The third-order valence-corrected chi connectivity index (χ3v) is 2.23. The average Bonchev–Trinajstić information content (AvgIpc) is 2.32. The molecule has 82 valence electrons. The largest absolute Gasteiger partial charge is 0.285 e. The minimum atomic E-state index is 0.222. The molecule has 0 N–H and O–H groups in total. The van der Waals surface area contributed by atoms with E-state index in [1.54, 1.807) is 0 Å². The Hall–Kier alpha value is -1.60. The van der Waals surface area contributed by atoms with Gasteiger partial charge in [0.15, 0.2) is 0 Å². The second-order valence-corrected chi connectivity index (χ2v) is 3.45. The first kappa shape index (κ1) is 12.5. The van der Waals surface area contributed by atoms with Gasteiger partial charge < -0.3 is 0 Å². The third-order valence-electron chi connectivity index (χ3n) is 2.23. The first-order valence-electron chi connectivity index (χ1n) is 4.94. The summed E-state index contributed by atoms with van der Waals surface area (Å²) in [5, 5.41) is 0. The fraction of sp³-hybridized carbons (Fsp3) is 0.0714. The van der Waals surface area contributed by atoms with Crippen LogP contribution in [-0.2, 0) is 4.79 Å². The Morgan fingerprint density at radius 1 is 0.938 bits per heavy atom. The first-order valence-corrected chi connectivity index (χ1v) is 5.38. The lowest BCUT2D eigenvalue weighted by Crippen LogP contribution is -1.80. The van der Waals surface area contributed by atoms with Gasteiger partial charge in [0.1, 0.15) is 0 Å². The second-order valence-electron chi connectivity index (χ2n) is 3.27. The number of rotatable bonds is 1. The smallest absolute Gasteiger partial charge is 0.208 e. The summed E-state index contributed by atoms with van der Waals surface area (Å²) in [4.78, 5) is 8.57. The van der Waals surface area contributed by atoms with Crippen molar-refractivity contribution in [2.75, 3.05) is 0 Å². The Labute approximate surface area is 101 Å². The van der Waals surface area contributed by atoms with Crippen molar-refractivity contribution in [1.82, 2.24) is 0 Å². The molecule has 0 saturated carbocycles. The lowest BCUT2D eigenvalue weighted by atomic mass is 10.0. The van der Waals surface area contributed by atoms with Crippen LogP contribution in [0.4, 0.5) is 0 Å². The van der Waals surface area contributed by atoms with Crippen molar-refractivity contribution in [1.29, 1.82) is 0 Å². The minimum Gasteiger partial charge on any atom is -0.285 e. The van der Waals surface area contributed by atoms with Gasteiger partial charge in [-0.15, -0.1) is 0 Å². The van der Waals surface area contributed by atoms with Gasteiger partial charge in [-0.05, 0) is 35.2 Å². The molecule has 0 unspecified atom stereocenters. The number of hydrogen-bond acceptors (Lipinski definition) is 1. The van der Waals surface area contributed by atoms with Crippen molar-refractivity contribution in [3.63, 3.8) is 0 Å². The second kappa shape index (κ2) is 6.81. The quantitative estimate of drug-likeness (QED) is 0.535. The maximum absolute atomic E-state index is 8.57. The zero-order chi connectivity index (χ0) is 11.8. The number of carbonyl (C=O) groups is 1. The Bertz CT molecular complexity index is 437. The van der Waals surface area contributed by atoms with Crippen molar-refractivity contribution in [3.05, 3.63) is 60.2 Å². The number of aryl methyl sites for hydroxylation is 1. The molecule has 0 aliphatic rings. The summed E-state index contributed by atoms with van der Waals surface area (Å²) < 4.78 is 0. The molecule has 0 heterocycles. The highest BCUT2D eigenvalue weighted by molar-refractivity contribution is 6.54. The summed E-state index contributed by atoms with van der Waals surface area (Å²) >= 11 is 4.32. The van der Waals surface area contributed by atoms with Crippen molar-refractivity contribution in [3.8, 4) is 11.1 Å². The van der Waals surface area contributed by atoms with E-state index < -0.39 is 0 Å². The molecule has 0 atom stereocenters. The zero-order valence-corrected chi connectivity index (χ0v) is 9.82. The monoisotopic (exact) mass is 232 g/mol. The van der Waals surface area contributed by atoms with Gasteiger partial charge in [0.25, 0.3) is 0 Å². The van der Waals surface area contributed by atoms with Gasteiger partial charge in [0, 0.05) is 0 Å². The summed E-state index contributed by atoms with van der Waals surface area (Å²) in [5.41, 5.74) is 3.94. The summed E-state index contributed by atoms with van der Waals surface area (Å²) in [7, 11) is 0. The van der Waals surface area contributed by atoms with E-state index >= 15 is 0 Å². The van der Waals surface area contributed by atoms with Crippen LogP contribution >= 0.6 is 11.6 Å². The highest BCUT2D eigenvalue weighted by Gasteiger charge is 1.97. The SMILES string of the molecule is Cc1ccccc1-c1ccccc1.O=CCl. The van der Waals surface area contributed by atoms with Gasteiger partial charge in [0.2, 0.25) is 5.75 Å². The summed E-state index contributed by atoms with van der Waals surface area (Å²) in [5.74, 6) is 0.222.